The smallest absolute Gasteiger partial charge is 0.411 e. The van der Waals surface area contributed by atoms with Crippen molar-refractivity contribution in [2.45, 2.75) is 6.92 Å². The molecule has 1 aromatic carbocycles. The number of aromatic nitrogens is 1. The molecule has 23 heavy (non-hydrogen) atoms. The number of hydrogen-bond acceptors (Lipinski definition) is 6. The predicted octanol–water partition coefficient (Wildman–Crippen LogP) is 3.16. The van der Waals surface area contributed by atoms with Crippen molar-refractivity contribution in [2.75, 3.05) is 30.5 Å². The lowest BCUT2D eigenvalue weighted by Gasteiger charge is -2.19. The van der Waals surface area contributed by atoms with E-state index in [9.17, 15) is 4.79 Å². The van der Waals surface area contributed by atoms with Crippen LogP contribution in [0.2, 0.25) is 0 Å². The Morgan fingerprint density at radius 3 is 2.70 bits per heavy atom. The van der Waals surface area contributed by atoms with Gasteiger partial charge < -0.3 is 19.5 Å². The molecule has 0 fully saturated rings. The van der Waals surface area contributed by atoms with E-state index in [1.807, 2.05) is 18.2 Å². The number of ether oxygens (including phenoxy) is 3. The van der Waals surface area contributed by atoms with Gasteiger partial charge in [0.1, 0.15) is 19.0 Å². The zero-order valence-electron chi connectivity index (χ0n) is 12.7. The van der Waals surface area contributed by atoms with Crippen molar-refractivity contribution in [1.29, 1.82) is 0 Å². The van der Waals surface area contributed by atoms with Gasteiger partial charge >= 0.3 is 6.09 Å². The highest BCUT2D eigenvalue weighted by Gasteiger charge is 2.11. The molecule has 0 spiro atoms. The second-order valence-corrected chi connectivity index (χ2v) is 4.76. The molecule has 120 valence electrons. The molecule has 0 saturated heterocycles. The molecule has 0 saturated carbocycles. The number of carbonyl (C=O) groups excluding carboxylic acids is 1. The molecule has 1 aromatic heterocycles. The van der Waals surface area contributed by atoms with Crippen LogP contribution in [-0.2, 0) is 4.74 Å². The molecule has 0 bridgehead atoms. The van der Waals surface area contributed by atoms with Gasteiger partial charge in [0.25, 0.3) is 0 Å². The average Bonchev–Trinajstić information content (AvgIpc) is 2.57. The second kappa shape index (κ2) is 6.87. The number of nitrogens with one attached hydrogen (secondary N) is 2. The summed E-state index contributed by atoms with van der Waals surface area (Å²) < 4.78 is 15.8. The van der Waals surface area contributed by atoms with Crippen LogP contribution in [0.25, 0.3) is 0 Å². The summed E-state index contributed by atoms with van der Waals surface area (Å²) in [5.74, 6) is 2.10. The number of carbonyl (C=O) groups is 1. The Morgan fingerprint density at radius 2 is 1.96 bits per heavy atom. The Morgan fingerprint density at radius 1 is 1.17 bits per heavy atom. The number of rotatable bonds is 4. The molecule has 0 unspecified atom stereocenters. The number of amides is 1. The van der Waals surface area contributed by atoms with Gasteiger partial charge in [0, 0.05) is 11.8 Å². The van der Waals surface area contributed by atoms with E-state index in [2.05, 4.69) is 15.6 Å². The van der Waals surface area contributed by atoms with Crippen molar-refractivity contribution in [3.05, 3.63) is 36.5 Å². The molecule has 0 radical (unpaired) electrons. The van der Waals surface area contributed by atoms with E-state index < -0.39 is 6.09 Å². The van der Waals surface area contributed by atoms with Crippen LogP contribution in [0, 0.1) is 0 Å². The number of nitrogens with zero attached hydrogens (tertiary/aromatic N) is 1. The van der Waals surface area contributed by atoms with Gasteiger partial charge in [-0.1, -0.05) is 0 Å². The Hall–Kier alpha value is -2.96. The third-order valence-electron chi connectivity index (χ3n) is 3.10. The quantitative estimate of drug-likeness (QED) is 0.902. The van der Waals surface area contributed by atoms with Crippen molar-refractivity contribution in [3.8, 4) is 11.5 Å². The fraction of sp³-hybridized carbons (Fsp3) is 0.250. The Labute approximate surface area is 133 Å². The highest BCUT2D eigenvalue weighted by molar-refractivity contribution is 5.84. The van der Waals surface area contributed by atoms with Crippen LogP contribution >= 0.6 is 0 Å². The summed E-state index contributed by atoms with van der Waals surface area (Å²) in [6.07, 6.45) is 1.05. The molecule has 2 N–H and O–H groups in total. The molecule has 1 aliphatic rings. The van der Waals surface area contributed by atoms with Gasteiger partial charge in [-0.2, -0.15) is 0 Å². The third-order valence-corrected chi connectivity index (χ3v) is 3.10. The minimum absolute atomic E-state index is 0.322. The van der Waals surface area contributed by atoms with Gasteiger partial charge in [-0.25, -0.2) is 9.78 Å². The van der Waals surface area contributed by atoms with Crippen molar-refractivity contribution in [3.63, 3.8) is 0 Å². The highest BCUT2D eigenvalue weighted by Crippen LogP contribution is 2.33. The summed E-state index contributed by atoms with van der Waals surface area (Å²) in [4.78, 5) is 15.6. The van der Waals surface area contributed by atoms with Gasteiger partial charge in [0.15, 0.2) is 11.5 Å². The first-order valence-electron chi connectivity index (χ1n) is 7.31. The molecule has 7 nitrogen and oxygen atoms in total. The number of hydrogen-bond donors (Lipinski definition) is 2. The number of fused-ring (bicyclic) bond motifs is 1. The van der Waals surface area contributed by atoms with Gasteiger partial charge in [0.05, 0.1) is 18.5 Å². The van der Waals surface area contributed by atoms with Crippen LogP contribution in [-0.4, -0.2) is 30.9 Å². The van der Waals surface area contributed by atoms with Gasteiger partial charge in [-0.3, -0.25) is 5.32 Å². The molecular formula is C16H17N3O4. The zero-order chi connectivity index (χ0) is 16.1. The lowest BCUT2D eigenvalue weighted by molar-refractivity contribution is 0.168. The van der Waals surface area contributed by atoms with Crippen LogP contribution < -0.4 is 20.1 Å². The van der Waals surface area contributed by atoms with Crippen molar-refractivity contribution < 1.29 is 19.0 Å². The summed E-state index contributed by atoms with van der Waals surface area (Å²) in [5, 5.41) is 5.76. The minimum Gasteiger partial charge on any atom is -0.486 e. The predicted molar refractivity (Wildman–Crippen MR) is 85.6 cm³/mol. The Balaban J connectivity index is 1.65. The highest BCUT2D eigenvalue weighted by atomic mass is 16.6. The fourth-order valence-corrected chi connectivity index (χ4v) is 2.10. The molecule has 2 aromatic rings. The summed E-state index contributed by atoms with van der Waals surface area (Å²) >= 11 is 0. The number of anilines is 3. The van der Waals surface area contributed by atoms with Gasteiger partial charge in [0.2, 0.25) is 0 Å². The molecule has 1 aliphatic heterocycles. The third kappa shape index (κ3) is 3.82. The monoisotopic (exact) mass is 315 g/mol. The van der Waals surface area contributed by atoms with Crippen LogP contribution in [0.1, 0.15) is 6.92 Å². The summed E-state index contributed by atoms with van der Waals surface area (Å²) in [5.41, 5.74) is 1.41. The normalized spacial score (nSPS) is 12.4. The maximum atomic E-state index is 11.3. The molecule has 2 heterocycles. The first-order valence-corrected chi connectivity index (χ1v) is 7.31. The topological polar surface area (TPSA) is 81.7 Å². The lowest BCUT2D eigenvalue weighted by atomic mass is 10.2. The maximum absolute atomic E-state index is 11.3. The largest absolute Gasteiger partial charge is 0.486 e. The lowest BCUT2D eigenvalue weighted by Crippen LogP contribution is -2.15. The SMILES string of the molecule is CCOC(=O)Nc1ccc(Nc2ccc3c(c2)OCCO3)nc1. The fourth-order valence-electron chi connectivity index (χ4n) is 2.10. The van der Waals surface area contributed by atoms with Crippen molar-refractivity contribution in [2.24, 2.45) is 0 Å². The Kier molecular flexibility index (Phi) is 4.46. The maximum Gasteiger partial charge on any atom is 0.411 e. The van der Waals surface area contributed by atoms with Crippen molar-refractivity contribution in [1.82, 2.24) is 4.98 Å². The molecular weight excluding hydrogens is 298 g/mol. The van der Waals surface area contributed by atoms with Crippen LogP contribution in [0.5, 0.6) is 11.5 Å². The Bertz CT molecular complexity index is 688. The summed E-state index contributed by atoms with van der Waals surface area (Å²) in [7, 11) is 0. The molecule has 0 atom stereocenters. The van der Waals surface area contributed by atoms with Crippen LogP contribution in [0.3, 0.4) is 0 Å². The van der Waals surface area contributed by atoms with E-state index in [0.29, 0.717) is 37.1 Å². The van der Waals surface area contributed by atoms with E-state index >= 15 is 0 Å². The van der Waals surface area contributed by atoms with E-state index in [-0.39, 0.29) is 0 Å². The first kappa shape index (κ1) is 15.0. The molecule has 0 aliphatic carbocycles. The van der Waals surface area contributed by atoms with Gasteiger partial charge in [-0.05, 0) is 31.2 Å². The first-order chi connectivity index (χ1) is 11.2. The molecule has 1 amide bonds. The van der Waals surface area contributed by atoms with Gasteiger partial charge in [-0.15, -0.1) is 0 Å². The minimum atomic E-state index is -0.498. The molecule has 3 rings (SSSR count). The summed E-state index contributed by atoms with van der Waals surface area (Å²) in [6.45, 7) is 3.18. The standard InChI is InChI=1S/C16H17N3O4/c1-2-21-16(20)19-12-4-6-15(17-10-12)18-11-3-5-13-14(9-11)23-8-7-22-13/h3-6,9-10H,2,7-8H2,1H3,(H,17,18)(H,19,20). The molecule has 7 heteroatoms. The summed E-state index contributed by atoms with van der Waals surface area (Å²) in [6, 6.07) is 9.11. The number of benzene rings is 1. The van der Waals surface area contributed by atoms with Crippen LogP contribution in [0.4, 0.5) is 22.0 Å². The average molecular weight is 315 g/mol. The number of pyridine rings is 1. The van der Waals surface area contributed by atoms with E-state index in [4.69, 9.17) is 14.2 Å². The van der Waals surface area contributed by atoms with Crippen molar-refractivity contribution >= 4 is 23.3 Å². The van der Waals surface area contributed by atoms with E-state index in [0.717, 1.165) is 11.4 Å². The second-order valence-electron chi connectivity index (χ2n) is 4.76. The zero-order valence-corrected chi connectivity index (χ0v) is 12.7. The van der Waals surface area contributed by atoms with E-state index in [1.54, 1.807) is 25.3 Å². The van der Waals surface area contributed by atoms with Crippen LogP contribution in [0.15, 0.2) is 36.5 Å². The van der Waals surface area contributed by atoms with E-state index in [1.165, 1.54) is 0 Å².